The molecule has 10 heteroatoms. The summed E-state index contributed by atoms with van der Waals surface area (Å²) in [4.78, 5) is 48.4. The van der Waals surface area contributed by atoms with E-state index in [0.717, 1.165) is 27.3 Å². The van der Waals surface area contributed by atoms with Crippen molar-refractivity contribution in [2.45, 2.75) is 30.9 Å². The molecule has 3 aliphatic rings. The Morgan fingerprint density at radius 2 is 1.74 bits per heavy atom. The molecule has 2 aromatic rings. The Morgan fingerprint density at radius 1 is 1.09 bits per heavy atom. The lowest BCUT2D eigenvalue weighted by molar-refractivity contribution is -0.156. The van der Waals surface area contributed by atoms with Crippen LogP contribution >= 0.6 is 0 Å². The van der Waals surface area contributed by atoms with E-state index >= 15 is 0 Å². The first-order valence-electron chi connectivity index (χ1n) is 11.5. The summed E-state index contributed by atoms with van der Waals surface area (Å²) in [6.45, 7) is 0.572. The largest absolute Gasteiger partial charge is 0.480 e. The minimum atomic E-state index is -1.28. The van der Waals surface area contributed by atoms with Gasteiger partial charge in [-0.1, -0.05) is 48.5 Å². The number of nitrogens with one attached hydrogen (secondary N) is 2. The highest BCUT2D eigenvalue weighted by atomic mass is 16.5. The van der Waals surface area contributed by atoms with E-state index in [1.165, 1.54) is 0 Å². The Labute approximate surface area is 201 Å². The minimum Gasteiger partial charge on any atom is -0.480 e. The van der Waals surface area contributed by atoms with Gasteiger partial charge in [0.05, 0.1) is 6.42 Å². The zero-order valence-electron chi connectivity index (χ0n) is 18.8. The number of hydrogen-bond donors (Lipinski definition) is 3. The number of nitrogens with zero attached hydrogens (tertiary/aromatic N) is 1. The second-order valence-corrected chi connectivity index (χ2v) is 8.85. The van der Waals surface area contributed by atoms with Gasteiger partial charge in [0.1, 0.15) is 12.7 Å². The number of carboxylic acids is 1. The van der Waals surface area contributed by atoms with E-state index < -0.39 is 36.0 Å². The molecule has 1 unspecified atom stereocenters. The van der Waals surface area contributed by atoms with E-state index in [-0.39, 0.29) is 38.0 Å². The van der Waals surface area contributed by atoms with Crippen LogP contribution in [0, 0.1) is 5.92 Å². The maximum atomic E-state index is 12.9. The van der Waals surface area contributed by atoms with Crippen LogP contribution in [-0.4, -0.2) is 65.9 Å². The van der Waals surface area contributed by atoms with Crippen LogP contribution in [0.15, 0.2) is 48.5 Å². The molecule has 2 saturated heterocycles. The van der Waals surface area contributed by atoms with E-state index in [9.17, 15) is 24.3 Å². The number of hydrogen-bond acceptors (Lipinski definition) is 6. The summed E-state index contributed by atoms with van der Waals surface area (Å²) in [6.07, 6.45) is -1.39. The first kappa shape index (κ1) is 22.9. The van der Waals surface area contributed by atoms with Gasteiger partial charge in [-0.15, -0.1) is 0 Å². The molecule has 35 heavy (non-hydrogen) atoms. The molecule has 2 aliphatic heterocycles. The third kappa shape index (κ3) is 4.32. The SMILES string of the molecule is O=C1CC(C(=O)O)N(C(=O)[C@@H]2OCC[C@@H]2CNC(=O)OCC2c3ccccc3-c3ccccc32)N1. The van der Waals surface area contributed by atoms with Crippen molar-refractivity contribution in [3.8, 4) is 11.1 Å². The van der Waals surface area contributed by atoms with Gasteiger partial charge < -0.3 is 19.9 Å². The van der Waals surface area contributed by atoms with Crippen LogP contribution in [0.3, 0.4) is 0 Å². The standard InChI is InChI=1S/C25H25N3O7/c29-21-11-20(24(31)32)28(27-21)23(30)22-14(9-10-34-22)12-26-25(33)35-13-19-17-7-3-1-5-15(17)16-6-2-4-8-18(16)19/h1-8,14,19-20,22H,9-13H2,(H,26,33)(H,27,29)(H,31,32)/t14-,20?,22-/m1/s1. The fourth-order valence-electron chi connectivity index (χ4n) is 5.05. The molecule has 2 aromatic carbocycles. The second kappa shape index (κ2) is 9.38. The highest BCUT2D eigenvalue weighted by Crippen LogP contribution is 2.44. The zero-order valence-corrected chi connectivity index (χ0v) is 18.8. The lowest BCUT2D eigenvalue weighted by Gasteiger charge is -2.26. The number of carbonyl (C=O) groups excluding carboxylic acids is 3. The van der Waals surface area contributed by atoms with Gasteiger partial charge in [0, 0.05) is 25.0 Å². The number of benzene rings is 2. The molecule has 0 aromatic heterocycles. The summed E-state index contributed by atoms with van der Waals surface area (Å²) >= 11 is 0. The number of fused-ring (bicyclic) bond motifs is 3. The molecule has 0 radical (unpaired) electrons. The number of carboxylic acid groups (broad SMARTS) is 1. The molecular formula is C25H25N3O7. The fraction of sp³-hybridized carbons (Fsp3) is 0.360. The predicted octanol–water partition coefficient (Wildman–Crippen LogP) is 1.65. The second-order valence-electron chi connectivity index (χ2n) is 8.85. The van der Waals surface area contributed by atoms with Crippen molar-refractivity contribution in [1.82, 2.24) is 15.8 Å². The number of aliphatic carboxylic acids is 1. The van der Waals surface area contributed by atoms with E-state index in [2.05, 4.69) is 22.9 Å². The summed E-state index contributed by atoms with van der Waals surface area (Å²) < 4.78 is 11.1. The van der Waals surface area contributed by atoms with Crippen molar-refractivity contribution >= 4 is 23.9 Å². The summed E-state index contributed by atoms with van der Waals surface area (Å²) in [7, 11) is 0. The molecule has 0 bridgehead atoms. The Bertz CT molecular complexity index is 1140. The van der Waals surface area contributed by atoms with Gasteiger partial charge in [-0.2, -0.15) is 0 Å². The number of amides is 3. The van der Waals surface area contributed by atoms with Crippen LogP contribution in [-0.2, 0) is 23.9 Å². The molecule has 3 amide bonds. The van der Waals surface area contributed by atoms with Crippen LogP contribution in [0.4, 0.5) is 4.79 Å². The minimum absolute atomic E-state index is 0.0657. The number of carbonyl (C=O) groups is 4. The molecule has 2 fully saturated rings. The number of rotatable bonds is 6. The quantitative estimate of drug-likeness (QED) is 0.573. The van der Waals surface area contributed by atoms with E-state index in [1.807, 2.05) is 36.4 Å². The average Bonchev–Trinajstić information content (AvgIpc) is 3.57. The molecule has 1 aliphatic carbocycles. The van der Waals surface area contributed by atoms with Gasteiger partial charge in [-0.05, 0) is 28.7 Å². The Morgan fingerprint density at radius 3 is 2.40 bits per heavy atom. The van der Waals surface area contributed by atoms with Crippen molar-refractivity contribution in [3.05, 3.63) is 59.7 Å². The van der Waals surface area contributed by atoms with Crippen molar-refractivity contribution < 1.29 is 33.8 Å². The normalized spacial score (nSPS) is 22.9. The van der Waals surface area contributed by atoms with E-state index in [4.69, 9.17) is 9.47 Å². The number of hydrazine groups is 1. The zero-order chi connectivity index (χ0) is 24.5. The maximum Gasteiger partial charge on any atom is 0.407 e. The van der Waals surface area contributed by atoms with Crippen molar-refractivity contribution in [3.63, 3.8) is 0 Å². The Hall–Kier alpha value is -3.92. The predicted molar refractivity (Wildman–Crippen MR) is 122 cm³/mol. The summed E-state index contributed by atoms with van der Waals surface area (Å²) in [5, 5.41) is 12.8. The summed E-state index contributed by atoms with van der Waals surface area (Å²) in [5.41, 5.74) is 6.77. The molecule has 182 valence electrons. The van der Waals surface area contributed by atoms with Gasteiger partial charge in [-0.3, -0.25) is 15.0 Å². The summed E-state index contributed by atoms with van der Waals surface area (Å²) in [5.74, 6) is -2.90. The van der Waals surface area contributed by atoms with Crippen LogP contribution in [0.2, 0.25) is 0 Å². The molecule has 3 N–H and O–H groups in total. The fourth-order valence-corrected chi connectivity index (χ4v) is 5.05. The van der Waals surface area contributed by atoms with Crippen LogP contribution in [0.1, 0.15) is 29.9 Å². The van der Waals surface area contributed by atoms with Gasteiger partial charge in [0.2, 0.25) is 5.91 Å². The molecule has 3 atom stereocenters. The topological polar surface area (TPSA) is 134 Å². The smallest absolute Gasteiger partial charge is 0.407 e. The molecule has 10 nitrogen and oxygen atoms in total. The van der Waals surface area contributed by atoms with Crippen LogP contribution in [0.5, 0.6) is 0 Å². The highest BCUT2D eigenvalue weighted by molar-refractivity contribution is 5.95. The molecule has 0 spiro atoms. The third-order valence-corrected chi connectivity index (χ3v) is 6.77. The lowest BCUT2D eigenvalue weighted by Crippen LogP contribution is -2.52. The van der Waals surface area contributed by atoms with Crippen molar-refractivity contribution in [2.75, 3.05) is 19.8 Å². The Balaban J connectivity index is 1.18. The van der Waals surface area contributed by atoms with E-state index in [0.29, 0.717) is 6.42 Å². The molecule has 5 rings (SSSR count). The first-order valence-corrected chi connectivity index (χ1v) is 11.5. The van der Waals surface area contributed by atoms with E-state index in [1.54, 1.807) is 0 Å². The summed E-state index contributed by atoms with van der Waals surface area (Å²) in [6, 6.07) is 14.8. The van der Waals surface area contributed by atoms with Gasteiger partial charge in [0.25, 0.3) is 5.91 Å². The van der Waals surface area contributed by atoms with Crippen molar-refractivity contribution in [1.29, 1.82) is 0 Å². The van der Waals surface area contributed by atoms with Gasteiger partial charge in [0.15, 0.2) is 6.04 Å². The maximum absolute atomic E-state index is 12.9. The third-order valence-electron chi connectivity index (χ3n) is 6.77. The first-order chi connectivity index (χ1) is 16.9. The Kier molecular flexibility index (Phi) is 6.12. The van der Waals surface area contributed by atoms with Gasteiger partial charge in [-0.25, -0.2) is 14.6 Å². The molecular weight excluding hydrogens is 454 g/mol. The van der Waals surface area contributed by atoms with Crippen LogP contribution in [0.25, 0.3) is 11.1 Å². The van der Waals surface area contributed by atoms with Crippen LogP contribution < -0.4 is 10.7 Å². The molecule has 0 saturated carbocycles. The highest BCUT2D eigenvalue weighted by Gasteiger charge is 2.45. The number of alkyl carbamates (subject to hydrolysis) is 1. The lowest BCUT2D eigenvalue weighted by atomic mass is 9.98. The number of ether oxygens (including phenoxy) is 2. The monoisotopic (exact) mass is 479 g/mol. The van der Waals surface area contributed by atoms with Gasteiger partial charge >= 0.3 is 12.1 Å². The average molecular weight is 479 g/mol. The molecule has 2 heterocycles. The van der Waals surface area contributed by atoms with Crippen molar-refractivity contribution in [2.24, 2.45) is 5.92 Å².